The molecule has 0 fully saturated rings. The molecule has 0 aliphatic rings. The topological polar surface area (TPSA) is 88.9 Å². The van der Waals surface area contributed by atoms with E-state index in [2.05, 4.69) is 10.6 Å². The molecule has 7 heteroatoms. The number of carbonyl (C=O) groups excluding carboxylic acids is 3. The number of ether oxygens (including phenoxy) is 1. The number of hydrogen-bond acceptors (Lipinski definition) is 4. The molecular weight excluding hydrogens is 382 g/mol. The van der Waals surface area contributed by atoms with E-state index in [4.69, 9.17) is 4.74 Å². The van der Waals surface area contributed by atoms with Gasteiger partial charge in [0.1, 0.15) is 0 Å². The van der Waals surface area contributed by atoms with E-state index in [1.165, 1.54) is 0 Å². The molecule has 0 aliphatic carbocycles. The second-order valence-corrected chi connectivity index (χ2v) is 7.48. The van der Waals surface area contributed by atoms with Gasteiger partial charge in [-0.3, -0.25) is 9.59 Å². The molecule has 1 atom stereocenters. The van der Waals surface area contributed by atoms with E-state index >= 15 is 0 Å². The van der Waals surface area contributed by atoms with Gasteiger partial charge >= 0.3 is 5.97 Å². The van der Waals surface area contributed by atoms with Crippen molar-refractivity contribution in [2.24, 2.45) is 0 Å². The largest absolute Gasteiger partial charge is 0.462 e. The Morgan fingerprint density at radius 3 is 1.97 bits per heavy atom. The van der Waals surface area contributed by atoms with E-state index in [0.717, 1.165) is 27.3 Å². The molecular formula is C23H30N3O4+. The highest BCUT2D eigenvalue weighted by Gasteiger charge is 2.16. The summed E-state index contributed by atoms with van der Waals surface area (Å²) in [7, 11) is 1.79. The van der Waals surface area contributed by atoms with Gasteiger partial charge in [-0.1, -0.05) is 17.7 Å². The fourth-order valence-electron chi connectivity index (χ4n) is 3.28. The normalized spacial score (nSPS) is 11.5. The van der Waals surface area contributed by atoms with Gasteiger partial charge in [-0.05, 0) is 63.1 Å². The Kier molecular flexibility index (Phi) is 8.12. The third kappa shape index (κ3) is 6.70. The van der Waals surface area contributed by atoms with E-state index in [1.807, 2.05) is 32.9 Å². The number of anilines is 2. The SMILES string of the molecule is CCOC(=O)c1ccc(NC(=O)C[NH+](C)CC(=O)Nc2c(C)cc(C)cc2C)cc1. The molecule has 0 saturated carbocycles. The number of amides is 2. The quantitative estimate of drug-likeness (QED) is 0.578. The molecule has 2 aromatic carbocycles. The van der Waals surface area contributed by atoms with Crippen molar-refractivity contribution in [1.82, 2.24) is 0 Å². The van der Waals surface area contributed by atoms with Crippen LogP contribution in [0.2, 0.25) is 0 Å². The number of carbonyl (C=O) groups is 3. The van der Waals surface area contributed by atoms with Crippen LogP contribution in [0.5, 0.6) is 0 Å². The minimum Gasteiger partial charge on any atom is -0.462 e. The Labute approximate surface area is 177 Å². The van der Waals surface area contributed by atoms with E-state index < -0.39 is 5.97 Å². The van der Waals surface area contributed by atoms with Gasteiger partial charge in [-0.25, -0.2) is 4.79 Å². The number of quaternary nitrogens is 1. The molecule has 0 radical (unpaired) electrons. The van der Waals surface area contributed by atoms with Crippen LogP contribution in [0, 0.1) is 20.8 Å². The molecule has 1 unspecified atom stereocenters. The number of hydrogen-bond donors (Lipinski definition) is 3. The lowest BCUT2D eigenvalue weighted by Crippen LogP contribution is -3.11. The number of likely N-dealkylation sites (N-methyl/N-ethyl adjacent to an activating group) is 1. The summed E-state index contributed by atoms with van der Waals surface area (Å²) in [5, 5.41) is 5.73. The first-order valence-electron chi connectivity index (χ1n) is 9.95. The number of aryl methyl sites for hydroxylation is 3. The Bertz CT molecular complexity index is 900. The average Bonchev–Trinajstić information content (AvgIpc) is 2.65. The molecule has 2 amide bonds. The molecule has 160 valence electrons. The lowest BCUT2D eigenvalue weighted by molar-refractivity contribution is -0.862. The van der Waals surface area contributed by atoms with Crippen LogP contribution in [-0.4, -0.2) is 44.5 Å². The summed E-state index contributed by atoms with van der Waals surface area (Å²) in [5.41, 5.74) is 5.01. The average molecular weight is 413 g/mol. The van der Waals surface area contributed by atoms with Gasteiger partial charge in [0.05, 0.1) is 19.2 Å². The molecule has 7 nitrogen and oxygen atoms in total. The number of rotatable bonds is 8. The first kappa shape index (κ1) is 23.1. The first-order valence-corrected chi connectivity index (χ1v) is 9.95. The third-order valence-corrected chi connectivity index (χ3v) is 4.55. The van der Waals surface area contributed by atoms with Gasteiger partial charge in [-0.15, -0.1) is 0 Å². The summed E-state index contributed by atoms with van der Waals surface area (Å²) in [4.78, 5) is 37.1. The van der Waals surface area contributed by atoms with E-state index in [-0.39, 0.29) is 24.9 Å². The summed E-state index contributed by atoms with van der Waals surface area (Å²) in [6.07, 6.45) is 0. The lowest BCUT2D eigenvalue weighted by Gasteiger charge is -2.16. The molecule has 30 heavy (non-hydrogen) atoms. The third-order valence-electron chi connectivity index (χ3n) is 4.55. The van der Waals surface area contributed by atoms with E-state index in [9.17, 15) is 14.4 Å². The smallest absolute Gasteiger partial charge is 0.338 e. The molecule has 0 aliphatic heterocycles. The summed E-state index contributed by atoms with van der Waals surface area (Å²) >= 11 is 0. The van der Waals surface area contributed by atoms with Gasteiger partial charge in [0.2, 0.25) is 0 Å². The summed E-state index contributed by atoms with van der Waals surface area (Å²) < 4.78 is 4.93. The Hall–Kier alpha value is -3.19. The van der Waals surface area contributed by atoms with Crippen molar-refractivity contribution >= 4 is 29.2 Å². The lowest BCUT2D eigenvalue weighted by atomic mass is 10.1. The van der Waals surface area contributed by atoms with Crippen molar-refractivity contribution in [2.75, 3.05) is 37.4 Å². The van der Waals surface area contributed by atoms with Gasteiger partial charge in [0.15, 0.2) is 13.1 Å². The zero-order valence-electron chi connectivity index (χ0n) is 18.2. The molecule has 2 rings (SSSR count). The fraction of sp³-hybridized carbons (Fsp3) is 0.348. The van der Waals surface area contributed by atoms with Gasteiger partial charge in [0.25, 0.3) is 11.8 Å². The fourth-order valence-corrected chi connectivity index (χ4v) is 3.28. The molecule has 3 N–H and O–H groups in total. The van der Waals surface area contributed by atoms with Crippen LogP contribution < -0.4 is 15.5 Å². The minimum absolute atomic E-state index is 0.138. The molecule has 0 saturated heterocycles. The highest BCUT2D eigenvalue weighted by molar-refractivity contribution is 5.95. The van der Waals surface area contributed by atoms with E-state index in [1.54, 1.807) is 38.2 Å². The van der Waals surface area contributed by atoms with Gasteiger partial charge < -0.3 is 20.3 Å². The van der Waals surface area contributed by atoms with Crippen LogP contribution >= 0.6 is 0 Å². The summed E-state index contributed by atoms with van der Waals surface area (Å²) in [6.45, 7) is 8.31. The van der Waals surface area contributed by atoms with Crippen molar-refractivity contribution in [3.8, 4) is 0 Å². The highest BCUT2D eigenvalue weighted by atomic mass is 16.5. The molecule has 0 aromatic heterocycles. The van der Waals surface area contributed by atoms with Crippen LogP contribution in [0.15, 0.2) is 36.4 Å². The van der Waals surface area contributed by atoms with Crippen molar-refractivity contribution < 1.29 is 24.0 Å². The van der Waals surface area contributed by atoms with Crippen molar-refractivity contribution in [2.45, 2.75) is 27.7 Å². The predicted molar refractivity (Wildman–Crippen MR) is 117 cm³/mol. The molecule has 0 bridgehead atoms. The maximum absolute atomic E-state index is 12.4. The Morgan fingerprint density at radius 2 is 1.43 bits per heavy atom. The van der Waals surface area contributed by atoms with Crippen LogP contribution in [0.25, 0.3) is 0 Å². The monoisotopic (exact) mass is 412 g/mol. The first-order chi connectivity index (χ1) is 14.2. The van der Waals surface area contributed by atoms with Crippen molar-refractivity contribution in [3.05, 3.63) is 58.7 Å². The Morgan fingerprint density at radius 1 is 0.900 bits per heavy atom. The maximum atomic E-state index is 12.4. The second kappa shape index (κ2) is 10.5. The number of nitrogens with one attached hydrogen (secondary N) is 3. The zero-order chi connectivity index (χ0) is 22.3. The predicted octanol–water partition coefficient (Wildman–Crippen LogP) is 1.88. The number of esters is 1. The zero-order valence-corrected chi connectivity index (χ0v) is 18.2. The van der Waals surface area contributed by atoms with Crippen LogP contribution in [0.1, 0.15) is 34.0 Å². The molecule has 0 heterocycles. The van der Waals surface area contributed by atoms with Crippen LogP contribution in [0.4, 0.5) is 11.4 Å². The number of benzene rings is 2. The van der Waals surface area contributed by atoms with Crippen LogP contribution in [-0.2, 0) is 14.3 Å². The maximum Gasteiger partial charge on any atom is 0.338 e. The summed E-state index contributed by atoms with van der Waals surface area (Å²) in [6, 6.07) is 10.6. The highest BCUT2D eigenvalue weighted by Crippen LogP contribution is 2.21. The van der Waals surface area contributed by atoms with Crippen molar-refractivity contribution in [1.29, 1.82) is 0 Å². The van der Waals surface area contributed by atoms with Gasteiger partial charge in [-0.2, -0.15) is 0 Å². The van der Waals surface area contributed by atoms with E-state index in [0.29, 0.717) is 17.9 Å². The Balaban J connectivity index is 1.85. The van der Waals surface area contributed by atoms with Crippen molar-refractivity contribution in [3.63, 3.8) is 0 Å². The van der Waals surface area contributed by atoms with Gasteiger partial charge in [0, 0.05) is 11.4 Å². The second-order valence-electron chi connectivity index (χ2n) is 7.48. The molecule has 2 aromatic rings. The summed E-state index contributed by atoms with van der Waals surface area (Å²) in [5.74, 6) is -0.759. The van der Waals surface area contributed by atoms with Crippen LogP contribution in [0.3, 0.4) is 0 Å². The molecule has 0 spiro atoms. The standard InChI is InChI=1S/C23H29N3O4/c1-6-30-23(29)18-7-9-19(10-8-18)24-20(27)13-26(5)14-21(28)25-22-16(3)11-15(2)12-17(22)4/h7-12H,6,13-14H2,1-5H3,(H,24,27)(H,25,28)/p+1. The minimum atomic E-state index is -0.399.